The van der Waals surface area contributed by atoms with Crippen molar-refractivity contribution in [3.8, 4) is 0 Å². The normalized spacial score (nSPS) is 9.43. The first-order valence-corrected chi connectivity index (χ1v) is 3.06. The van der Waals surface area contributed by atoms with Crippen LogP contribution in [0.2, 0.25) is 0 Å². The van der Waals surface area contributed by atoms with Crippen LogP contribution in [0.15, 0.2) is 0 Å². The molecule has 0 rings (SSSR count). The summed E-state index contributed by atoms with van der Waals surface area (Å²) in [5.41, 5.74) is 5.18. The van der Waals surface area contributed by atoms with Gasteiger partial charge in [-0.25, -0.2) is 0 Å². The Morgan fingerprint density at radius 2 is 2.14 bits per heavy atom. The average Bonchev–Trinajstić information content (AvgIpc) is 1.69. The highest BCUT2D eigenvalue weighted by atomic mass is 32.1. The second-order valence-electron chi connectivity index (χ2n) is 1.26. The summed E-state index contributed by atoms with van der Waals surface area (Å²) in [6.45, 7) is 2.58. The molecule has 7 heavy (non-hydrogen) atoms. The van der Waals surface area contributed by atoms with Gasteiger partial charge in [-0.2, -0.15) is 12.6 Å². The first-order chi connectivity index (χ1) is 3.41. The van der Waals surface area contributed by atoms with Crippen LogP contribution >= 0.6 is 12.6 Å². The summed E-state index contributed by atoms with van der Waals surface area (Å²) in [4.78, 5) is 0. The predicted molar refractivity (Wildman–Crippen MR) is 35.8 cm³/mol. The summed E-state index contributed by atoms with van der Waals surface area (Å²) in [6, 6.07) is 0. The SMILES string of the molecule is NCCNCCS. The van der Waals surface area contributed by atoms with E-state index in [1.807, 2.05) is 0 Å². The molecule has 0 bridgehead atoms. The van der Waals surface area contributed by atoms with E-state index in [4.69, 9.17) is 5.73 Å². The van der Waals surface area contributed by atoms with Crippen LogP contribution in [0.4, 0.5) is 0 Å². The Bertz CT molecular complexity index is 28.9. The van der Waals surface area contributed by atoms with Gasteiger partial charge in [0.05, 0.1) is 0 Å². The van der Waals surface area contributed by atoms with Gasteiger partial charge in [-0.15, -0.1) is 0 Å². The van der Waals surface area contributed by atoms with Crippen molar-refractivity contribution >= 4 is 12.6 Å². The number of rotatable bonds is 4. The van der Waals surface area contributed by atoms with Crippen molar-refractivity contribution < 1.29 is 0 Å². The van der Waals surface area contributed by atoms with Crippen molar-refractivity contribution in [2.75, 3.05) is 25.4 Å². The second-order valence-corrected chi connectivity index (χ2v) is 1.71. The molecule has 0 saturated carbocycles. The molecule has 3 heteroatoms. The Labute approximate surface area is 49.9 Å². The van der Waals surface area contributed by atoms with Crippen molar-refractivity contribution in [3.63, 3.8) is 0 Å². The zero-order chi connectivity index (χ0) is 5.54. The van der Waals surface area contributed by atoms with Crippen LogP contribution in [-0.4, -0.2) is 25.4 Å². The van der Waals surface area contributed by atoms with E-state index in [1.165, 1.54) is 0 Å². The summed E-state index contributed by atoms with van der Waals surface area (Å²) in [5, 5.41) is 3.08. The molecule has 0 unspecified atom stereocenters. The quantitative estimate of drug-likeness (QED) is 0.344. The fourth-order valence-corrected chi connectivity index (χ4v) is 0.464. The van der Waals surface area contributed by atoms with E-state index in [0.29, 0.717) is 6.54 Å². The van der Waals surface area contributed by atoms with Crippen LogP contribution in [0, 0.1) is 0 Å². The lowest BCUT2D eigenvalue weighted by molar-refractivity contribution is 0.730. The fourth-order valence-electron chi connectivity index (χ4n) is 0.306. The summed E-state index contributed by atoms with van der Waals surface area (Å²) >= 11 is 3.99. The van der Waals surface area contributed by atoms with Gasteiger partial charge in [0.15, 0.2) is 0 Å². The minimum Gasteiger partial charge on any atom is -0.329 e. The van der Waals surface area contributed by atoms with E-state index >= 15 is 0 Å². The summed E-state index contributed by atoms with van der Waals surface area (Å²) in [5.74, 6) is 0.889. The first-order valence-electron chi connectivity index (χ1n) is 2.43. The third-order valence-electron chi connectivity index (χ3n) is 0.610. The van der Waals surface area contributed by atoms with Crippen LogP contribution in [-0.2, 0) is 0 Å². The van der Waals surface area contributed by atoms with Gasteiger partial charge in [0, 0.05) is 25.4 Å². The molecule has 0 aliphatic heterocycles. The Morgan fingerprint density at radius 1 is 1.43 bits per heavy atom. The van der Waals surface area contributed by atoms with E-state index in [1.54, 1.807) is 0 Å². The number of nitrogens with two attached hydrogens (primary N) is 1. The smallest absolute Gasteiger partial charge is 0.00748 e. The third-order valence-corrected chi connectivity index (χ3v) is 0.833. The molecule has 0 radical (unpaired) electrons. The van der Waals surface area contributed by atoms with Crippen LogP contribution in [0.1, 0.15) is 0 Å². The summed E-state index contributed by atoms with van der Waals surface area (Å²) < 4.78 is 0. The second kappa shape index (κ2) is 6.27. The van der Waals surface area contributed by atoms with Crippen molar-refractivity contribution in [3.05, 3.63) is 0 Å². The van der Waals surface area contributed by atoms with Crippen LogP contribution < -0.4 is 11.1 Å². The molecule has 0 aromatic rings. The van der Waals surface area contributed by atoms with Gasteiger partial charge < -0.3 is 11.1 Å². The molecule has 0 aliphatic carbocycles. The zero-order valence-electron chi connectivity index (χ0n) is 4.35. The van der Waals surface area contributed by atoms with E-state index in [-0.39, 0.29) is 0 Å². The van der Waals surface area contributed by atoms with Gasteiger partial charge in [0.25, 0.3) is 0 Å². The fraction of sp³-hybridized carbons (Fsp3) is 1.00. The van der Waals surface area contributed by atoms with Gasteiger partial charge in [-0.3, -0.25) is 0 Å². The molecule has 0 heterocycles. The Hall–Kier alpha value is 0.270. The van der Waals surface area contributed by atoms with Crippen molar-refractivity contribution in [2.45, 2.75) is 0 Å². The average molecular weight is 120 g/mol. The molecule has 0 aliphatic rings. The molecule has 0 atom stereocenters. The first kappa shape index (κ1) is 7.27. The molecular weight excluding hydrogens is 108 g/mol. The van der Waals surface area contributed by atoms with Gasteiger partial charge in [0.1, 0.15) is 0 Å². The molecule has 44 valence electrons. The van der Waals surface area contributed by atoms with Crippen LogP contribution in [0.3, 0.4) is 0 Å². The highest BCUT2D eigenvalue weighted by Crippen LogP contribution is 1.65. The van der Waals surface area contributed by atoms with E-state index in [0.717, 1.165) is 18.8 Å². The topological polar surface area (TPSA) is 38.0 Å². The third kappa shape index (κ3) is 6.27. The molecule has 0 spiro atoms. The van der Waals surface area contributed by atoms with Gasteiger partial charge in [-0.1, -0.05) is 0 Å². The molecule has 0 saturated heterocycles. The number of thiol groups is 1. The summed E-state index contributed by atoms with van der Waals surface area (Å²) in [7, 11) is 0. The maximum absolute atomic E-state index is 5.18. The minimum absolute atomic E-state index is 0.716. The minimum atomic E-state index is 0.716. The number of hydrogen-bond donors (Lipinski definition) is 3. The predicted octanol–water partition coefficient (Wildman–Crippen LogP) is -0.536. The Balaban J connectivity index is 2.45. The lowest BCUT2D eigenvalue weighted by Gasteiger charge is -1.95. The van der Waals surface area contributed by atoms with Gasteiger partial charge in [-0.05, 0) is 0 Å². The molecule has 2 nitrogen and oxygen atoms in total. The highest BCUT2D eigenvalue weighted by molar-refractivity contribution is 7.80. The highest BCUT2D eigenvalue weighted by Gasteiger charge is 1.77. The van der Waals surface area contributed by atoms with Crippen molar-refractivity contribution in [2.24, 2.45) is 5.73 Å². The molecular formula is C4H12N2S. The molecule has 0 fully saturated rings. The number of nitrogens with one attached hydrogen (secondary N) is 1. The number of hydrogen-bond acceptors (Lipinski definition) is 3. The van der Waals surface area contributed by atoms with E-state index < -0.39 is 0 Å². The van der Waals surface area contributed by atoms with Gasteiger partial charge in [0.2, 0.25) is 0 Å². The van der Waals surface area contributed by atoms with E-state index in [2.05, 4.69) is 17.9 Å². The van der Waals surface area contributed by atoms with Crippen LogP contribution in [0.5, 0.6) is 0 Å². The Morgan fingerprint density at radius 3 is 2.57 bits per heavy atom. The maximum atomic E-state index is 5.18. The van der Waals surface area contributed by atoms with Gasteiger partial charge >= 0.3 is 0 Å². The van der Waals surface area contributed by atoms with Crippen molar-refractivity contribution in [1.29, 1.82) is 0 Å². The molecule has 0 aromatic carbocycles. The zero-order valence-corrected chi connectivity index (χ0v) is 5.25. The molecule has 3 N–H and O–H groups in total. The molecule has 0 amide bonds. The van der Waals surface area contributed by atoms with Crippen LogP contribution in [0.25, 0.3) is 0 Å². The molecule has 0 aromatic heterocycles. The lowest BCUT2D eigenvalue weighted by Crippen LogP contribution is -2.23. The maximum Gasteiger partial charge on any atom is 0.00748 e. The van der Waals surface area contributed by atoms with Crippen molar-refractivity contribution in [1.82, 2.24) is 5.32 Å². The summed E-state index contributed by atoms with van der Waals surface area (Å²) in [6.07, 6.45) is 0. The standard InChI is InChI=1S/C4H12N2S/c5-1-2-6-3-4-7/h6-7H,1-5H2. The monoisotopic (exact) mass is 120 g/mol. The largest absolute Gasteiger partial charge is 0.329 e. The lowest BCUT2D eigenvalue weighted by atomic mass is 10.6. The Kier molecular flexibility index (Phi) is 6.51. The van der Waals surface area contributed by atoms with E-state index in [9.17, 15) is 0 Å².